The van der Waals surface area contributed by atoms with Gasteiger partial charge in [0, 0.05) is 0 Å². The average Bonchev–Trinajstić information content (AvgIpc) is 3.06. The lowest BCUT2D eigenvalue weighted by Gasteiger charge is -2.07. The second-order valence-corrected chi connectivity index (χ2v) is 6.59. The smallest absolute Gasteiger partial charge is 0.274 e. The first kappa shape index (κ1) is 16.4. The van der Waals surface area contributed by atoms with Gasteiger partial charge in [-0.05, 0) is 42.3 Å². The number of carbonyl (C=O) groups is 1. The zero-order valence-electron chi connectivity index (χ0n) is 13.7. The van der Waals surface area contributed by atoms with Gasteiger partial charge in [-0.3, -0.25) is 14.6 Å². The maximum Gasteiger partial charge on any atom is 0.274 e. The van der Waals surface area contributed by atoms with Crippen molar-refractivity contribution in [3.05, 3.63) is 63.1 Å². The van der Waals surface area contributed by atoms with Crippen LogP contribution in [0.1, 0.15) is 33.0 Å². The van der Waals surface area contributed by atoms with Gasteiger partial charge in [0.05, 0.1) is 34.3 Å². The number of benzene rings is 1. The van der Waals surface area contributed by atoms with E-state index in [4.69, 9.17) is 0 Å². The van der Waals surface area contributed by atoms with Crippen molar-refractivity contribution in [2.24, 2.45) is 0 Å². The highest BCUT2D eigenvalue weighted by Gasteiger charge is 2.18. The van der Waals surface area contributed by atoms with E-state index in [0.717, 1.165) is 17.1 Å². The minimum atomic E-state index is -0.249. The Hall–Kier alpha value is -2.41. The van der Waals surface area contributed by atoms with E-state index < -0.39 is 0 Å². The number of aryl methyl sites for hydroxylation is 2. The van der Waals surface area contributed by atoms with E-state index in [-0.39, 0.29) is 5.91 Å². The Morgan fingerprint density at radius 3 is 2.79 bits per heavy atom. The summed E-state index contributed by atoms with van der Waals surface area (Å²) in [6.07, 6.45) is 1.55. The third-order valence-corrected chi connectivity index (χ3v) is 4.46. The summed E-state index contributed by atoms with van der Waals surface area (Å²) >= 11 is 3.30. The van der Waals surface area contributed by atoms with Crippen LogP contribution >= 0.6 is 15.9 Å². The zero-order chi connectivity index (χ0) is 17.3. The molecule has 124 valence electrons. The SMILES string of the molecule is Cc1cccc(Cn2nc(C)c(NC(=O)c3[nH]ncc3Br)c2C)c1. The van der Waals surface area contributed by atoms with Gasteiger partial charge in [0.1, 0.15) is 5.69 Å². The van der Waals surface area contributed by atoms with Gasteiger partial charge in [-0.25, -0.2) is 0 Å². The molecule has 2 N–H and O–H groups in total. The van der Waals surface area contributed by atoms with Gasteiger partial charge in [-0.15, -0.1) is 0 Å². The Kier molecular flexibility index (Phi) is 4.53. The second kappa shape index (κ2) is 6.60. The van der Waals surface area contributed by atoms with Gasteiger partial charge in [-0.1, -0.05) is 29.8 Å². The summed E-state index contributed by atoms with van der Waals surface area (Å²) in [5.74, 6) is -0.249. The van der Waals surface area contributed by atoms with E-state index in [1.54, 1.807) is 6.20 Å². The molecule has 3 rings (SSSR count). The highest BCUT2D eigenvalue weighted by atomic mass is 79.9. The summed E-state index contributed by atoms with van der Waals surface area (Å²) in [6.45, 7) is 6.57. The lowest BCUT2D eigenvalue weighted by molar-refractivity contribution is 0.102. The van der Waals surface area contributed by atoms with Crippen molar-refractivity contribution in [2.45, 2.75) is 27.3 Å². The first-order valence-corrected chi connectivity index (χ1v) is 8.34. The van der Waals surface area contributed by atoms with Crippen molar-refractivity contribution in [1.29, 1.82) is 0 Å². The Morgan fingerprint density at radius 2 is 2.12 bits per heavy atom. The fourth-order valence-corrected chi connectivity index (χ4v) is 2.99. The van der Waals surface area contributed by atoms with Gasteiger partial charge >= 0.3 is 0 Å². The minimum Gasteiger partial charge on any atom is -0.317 e. The lowest BCUT2D eigenvalue weighted by Crippen LogP contribution is -2.14. The number of H-pyrrole nitrogens is 1. The van der Waals surface area contributed by atoms with E-state index in [2.05, 4.69) is 61.7 Å². The van der Waals surface area contributed by atoms with Crippen LogP contribution in [0.2, 0.25) is 0 Å². The van der Waals surface area contributed by atoms with Crippen LogP contribution in [0, 0.1) is 20.8 Å². The van der Waals surface area contributed by atoms with Crippen LogP contribution < -0.4 is 5.32 Å². The first-order valence-electron chi connectivity index (χ1n) is 7.55. The predicted molar refractivity (Wildman–Crippen MR) is 96.2 cm³/mol. The molecule has 1 amide bonds. The topological polar surface area (TPSA) is 75.6 Å². The fourth-order valence-electron chi connectivity index (χ4n) is 2.62. The van der Waals surface area contributed by atoms with Crippen LogP contribution in [0.3, 0.4) is 0 Å². The number of amides is 1. The maximum atomic E-state index is 12.4. The minimum absolute atomic E-state index is 0.249. The predicted octanol–water partition coefficient (Wildman–Crippen LogP) is 3.59. The molecule has 7 heteroatoms. The van der Waals surface area contributed by atoms with E-state index in [0.29, 0.717) is 16.7 Å². The van der Waals surface area contributed by atoms with Crippen molar-refractivity contribution in [2.75, 3.05) is 5.32 Å². The van der Waals surface area contributed by atoms with Gasteiger partial charge in [0.25, 0.3) is 5.91 Å². The Balaban J connectivity index is 1.84. The average molecular weight is 388 g/mol. The summed E-state index contributed by atoms with van der Waals surface area (Å²) in [6, 6.07) is 8.31. The lowest BCUT2D eigenvalue weighted by atomic mass is 10.1. The number of rotatable bonds is 4. The van der Waals surface area contributed by atoms with Gasteiger partial charge in [0.2, 0.25) is 0 Å². The molecule has 0 aliphatic heterocycles. The standard InChI is InChI=1S/C17H18BrN5O/c1-10-5-4-6-13(7-10)9-23-12(3)15(11(2)22-23)20-17(24)16-14(18)8-19-21-16/h4-8H,9H2,1-3H3,(H,19,21)(H,20,24). The molecule has 0 aliphatic rings. The van der Waals surface area contributed by atoms with Crippen LogP contribution in [0.4, 0.5) is 5.69 Å². The molecule has 0 fully saturated rings. The highest BCUT2D eigenvalue weighted by molar-refractivity contribution is 9.10. The first-order chi connectivity index (χ1) is 11.5. The molecule has 2 heterocycles. The van der Waals surface area contributed by atoms with Crippen LogP contribution in [0.5, 0.6) is 0 Å². The van der Waals surface area contributed by atoms with E-state index >= 15 is 0 Å². The van der Waals surface area contributed by atoms with Gasteiger partial charge < -0.3 is 5.32 Å². The zero-order valence-corrected chi connectivity index (χ0v) is 15.3. The monoisotopic (exact) mass is 387 g/mol. The molecule has 0 saturated heterocycles. The number of nitrogens with one attached hydrogen (secondary N) is 2. The Labute approximate surface area is 148 Å². The summed E-state index contributed by atoms with van der Waals surface area (Å²) in [5, 5.41) is 14.0. The molecular weight excluding hydrogens is 370 g/mol. The van der Waals surface area contributed by atoms with Crippen molar-refractivity contribution < 1.29 is 4.79 Å². The number of aromatic amines is 1. The van der Waals surface area contributed by atoms with Crippen molar-refractivity contribution in [3.8, 4) is 0 Å². The molecule has 0 spiro atoms. The number of nitrogens with zero attached hydrogens (tertiary/aromatic N) is 3. The summed E-state index contributed by atoms with van der Waals surface area (Å²) in [4.78, 5) is 12.4. The van der Waals surface area contributed by atoms with Crippen LogP contribution in [-0.2, 0) is 6.54 Å². The molecule has 0 aliphatic carbocycles. The van der Waals surface area contributed by atoms with Crippen molar-refractivity contribution in [1.82, 2.24) is 20.0 Å². The number of hydrogen-bond donors (Lipinski definition) is 2. The molecule has 1 aromatic carbocycles. The number of aromatic nitrogens is 4. The fraction of sp³-hybridized carbons (Fsp3) is 0.235. The quantitative estimate of drug-likeness (QED) is 0.717. The van der Waals surface area contributed by atoms with Crippen LogP contribution in [0.15, 0.2) is 34.9 Å². The number of halogens is 1. The third-order valence-electron chi connectivity index (χ3n) is 3.85. The number of hydrogen-bond acceptors (Lipinski definition) is 3. The van der Waals surface area contributed by atoms with Crippen molar-refractivity contribution in [3.63, 3.8) is 0 Å². The molecule has 3 aromatic rings. The number of anilines is 1. The molecule has 0 bridgehead atoms. The Morgan fingerprint density at radius 1 is 1.33 bits per heavy atom. The largest absolute Gasteiger partial charge is 0.317 e. The maximum absolute atomic E-state index is 12.4. The van der Waals surface area contributed by atoms with E-state index in [1.807, 2.05) is 24.6 Å². The highest BCUT2D eigenvalue weighted by Crippen LogP contribution is 2.22. The molecule has 24 heavy (non-hydrogen) atoms. The third kappa shape index (κ3) is 3.26. The van der Waals surface area contributed by atoms with Crippen LogP contribution in [0.25, 0.3) is 0 Å². The van der Waals surface area contributed by atoms with E-state index in [1.165, 1.54) is 11.1 Å². The molecule has 2 aromatic heterocycles. The molecule has 0 saturated carbocycles. The van der Waals surface area contributed by atoms with Gasteiger partial charge in [0.15, 0.2) is 0 Å². The molecule has 0 unspecified atom stereocenters. The molecule has 6 nitrogen and oxygen atoms in total. The van der Waals surface area contributed by atoms with Crippen molar-refractivity contribution >= 4 is 27.5 Å². The molecule has 0 atom stereocenters. The second-order valence-electron chi connectivity index (χ2n) is 5.74. The van der Waals surface area contributed by atoms with E-state index in [9.17, 15) is 4.79 Å². The summed E-state index contributed by atoms with van der Waals surface area (Å²) in [7, 11) is 0. The van der Waals surface area contributed by atoms with Gasteiger partial charge in [-0.2, -0.15) is 10.2 Å². The molecular formula is C17H18BrN5O. The summed E-state index contributed by atoms with van der Waals surface area (Å²) < 4.78 is 2.53. The summed E-state index contributed by atoms with van der Waals surface area (Å²) in [5.41, 5.74) is 5.21. The normalized spacial score (nSPS) is 10.8. The number of carbonyl (C=O) groups excluding carboxylic acids is 1. The Bertz CT molecular complexity index is 896. The van der Waals surface area contributed by atoms with Crippen LogP contribution in [-0.4, -0.2) is 25.9 Å². The molecule has 0 radical (unpaired) electrons.